The van der Waals surface area contributed by atoms with Gasteiger partial charge in [0, 0.05) is 25.2 Å². The summed E-state index contributed by atoms with van der Waals surface area (Å²) >= 11 is 0. The number of hydrogen-bond donors (Lipinski definition) is 4. The monoisotopic (exact) mass is 413 g/mol. The Balaban J connectivity index is 1.61. The summed E-state index contributed by atoms with van der Waals surface area (Å²) in [5, 5.41) is 6.22. The standard InChI is InChI=1S/C21H28FN7O/c22-16-10-15(19(24)30)20(28-21(16)27-18-6-2-1-5-17(18)23)26-13-9-14(12-25-11-13)29-7-3-4-8-29/h9-12,17-18H,1-8,23H2,(H2,24,30)(H2,26,27,28). The number of rotatable bonds is 6. The molecule has 8 nitrogen and oxygen atoms in total. The van der Waals surface area contributed by atoms with Crippen molar-refractivity contribution >= 4 is 28.9 Å². The fourth-order valence-corrected chi connectivity index (χ4v) is 4.17. The third-order valence-corrected chi connectivity index (χ3v) is 5.84. The van der Waals surface area contributed by atoms with Gasteiger partial charge in [0.1, 0.15) is 5.82 Å². The van der Waals surface area contributed by atoms with Gasteiger partial charge in [-0.15, -0.1) is 0 Å². The number of primary amides is 1. The lowest BCUT2D eigenvalue weighted by molar-refractivity contribution is 0.100. The first-order valence-electron chi connectivity index (χ1n) is 10.5. The number of amides is 1. The van der Waals surface area contributed by atoms with Crippen molar-refractivity contribution in [1.29, 1.82) is 0 Å². The van der Waals surface area contributed by atoms with Gasteiger partial charge >= 0.3 is 0 Å². The molecule has 0 aromatic carbocycles. The number of nitrogens with two attached hydrogens (primary N) is 2. The zero-order valence-corrected chi connectivity index (χ0v) is 16.9. The first-order chi connectivity index (χ1) is 14.5. The van der Waals surface area contributed by atoms with Gasteiger partial charge in [0.25, 0.3) is 5.91 Å². The van der Waals surface area contributed by atoms with E-state index in [0.29, 0.717) is 5.69 Å². The second-order valence-electron chi connectivity index (χ2n) is 8.03. The predicted molar refractivity (Wildman–Crippen MR) is 116 cm³/mol. The Labute approximate surface area is 175 Å². The van der Waals surface area contributed by atoms with Gasteiger partial charge in [0.2, 0.25) is 0 Å². The molecule has 4 rings (SSSR count). The van der Waals surface area contributed by atoms with Crippen molar-refractivity contribution < 1.29 is 9.18 Å². The number of hydrogen-bond acceptors (Lipinski definition) is 7. The van der Waals surface area contributed by atoms with Crippen LogP contribution in [0.5, 0.6) is 0 Å². The van der Waals surface area contributed by atoms with Gasteiger partial charge in [-0.2, -0.15) is 0 Å². The lowest BCUT2D eigenvalue weighted by Gasteiger charge is -2.30. The van der Waals surface area contributed by atoms with Crippen LogP contribution in [-0.2, 0) is 0 Å². The van der Waals surface area contributed by atoms with Crippen LogP contribution in [0.2, 0.25) is 0 Å². The number of carbonyl (C=O) groups is 1. The van der Waals surface area contributed by atoms with E-state index < -0.39 is 11.7 Å². The fourth-order valence-electron chi connectivity index (χ4n) is 4.17. The highest BCUT2D eigenvalue weighted by molar-refractivity contribution is 5.98. The Kier molecular flexibility index (Phi) is 5.98. The van der Waals surface area contributed by atoms with E-state index in [1.807, 2.05) is 6.07 Å². The molecule has 160 valence electrons. The average Bonchev–Trinajstić information content (AvgIpc) is 3.27. The number of nitrogens with one attached hydrogen (secondary N) is 2. The van der Waals surface area contributed by atoms with Crippen molar-refractivity contribution in [3.63, 3.8) is 0 Å². The van der Waals surface area contributed by atoms with Crippen LogP contribution in [0.15, 0.2) is 24.5 Å². The molecule has 2 fully saturated rings. The Morgan fingerprint density at radius 3 is 2.60 bits per heavy atom. The molecule has 2 aromatic heterocycles. The molecule has 1 amide bonds. The van der Waals surface area contributed by atoms with Crippen molar-refractivity contribution in [3.8, 4) is 0 Å². The molecule has 1 aliphatic heterocycles. The molecule has 2 aliphatic rings. The van der Waals surface area contributed by atoms with E-state index >= 15 is 0 Å². The molecule has 9 heteroatoms. The van der Waals surface area contributed by atoms with Gasteiger partial charge in [-0.1, -0.05) is 12.8 Å². The maximum Gasteiger partial charge on any atom is 0.252 e. The third-order valence-electron chi connectivity index (χ3n) is 5.84. The molecule has 1 saturated heterocycles. The molecule has 2 unspecified atom stereocenters. The average molecular weight is 414 g/mol. The summed E-state index contributed by atoms with van der Waals surface area (Å²) in [6.45, 7) is 1.98. The van der Waals surface area contributed by atoms with Crippen molar-refractivity contribution in [1.82, 2.24) is 9.97 Å². The van der Waals surface area contributed by atoms with Gasteiger partial charge in [0.15, 0.2) is 11.6 Å². The van der Waals surface area contributed by atoms with E-state index in [1.54, 1.807) is 12.4 Å². The smallest absolute Gasteiger partial charge is 0.252 e. The molecule has 3 heterocycles. The topological polar surface area (TPSA) is 122 Å². The van der Waals surface area contributed by atoms with E-state index in [0.717, 1.165) is 63.4 Å². The molecule has 2 aromatic rings. The van der Waals surface area contributed by atoms with Gasteiger partial charge in [-0.25, -0.2) is 9.37 Å². The lowest BCUT2D eigenvalue weighted by atomic mass is 9.91. The van der Waals surface area contributed by atoms with Crippen LogP contribution in [-0.4, -0.2) is 41.0 Å². The number of aromatic nitrogens is 2. The van der Waals surface area contributed by atoms with E-state index in [4.69, 9.17) is 11.5 Å². The molecular weight excluding hydrogens is 385 g/mol. The van der Waals surface area contributed by atoms with E-state index in [-0.39, 0.29) is 29.3 Å². The quantitative estimate of drug-likeness (QED) is 0.574. The van der Waals surface area contributed by atoms with Crippen LogP contribution in [0, 0.1) is 5.82 Å². The molecule has 2 atom stereocenters. The van der Waals surface area contributed by atoms with Crippen molar-refractivity contribution in [2.45, 2.75) is 50.6 Å². The van der Waals surface area contributed by atoms with Crippen molar-refractivity contribution in [2.75, 3.05) is 28.6 Å². The Morgan fingerprint density at radius 1 is 1.10 bits per heavy atom. The van der Waals surface area contributed by atoms with Crippen LogP contribution in [0.4, 0.5) is 27.4 Å². The minimum Gasteiger partial charge on any atom is -0.370 e. The third kappa shape index (κ3) is 4.46. The maximum atomic E-state index is 14.7. The lowest BCUT2D eigenvalue weighted by Crippen LogP contribution is -2.43. The van der Waals surface area contributed by atoms with E-state index in [1.165, 1.54) is 0 Å². The second-order valence-corrected chi connectivity index (χ2v) is 8.03. The molecule has 1 saturated carbocycles. The summed E-state index contributed by atoms with van der Waals surface area (Å²) in [5.41, 5.74) is 13.3. The van der Waals surface area contributed by atoms with Gasteiger partial charge in [0.05, 0.1) is 29.3 Å². The van der Waals surface area contributed by atoms with Crippen LogP contribution >= 0.6 is 0 Å². The Morgan fingerprint density at radius 2 is 1.87 bits per heavy atom. The van der Waals surface area contributed by atoms with Crippen molar-refractivity contribution in [3.05, 3.63) is 35.9 Å². The number of carbonyl (C=O) groups excluding carboxylic acids is 1. The van der Waals surface area contributed by atoms with Crippen LogP contribution in [0.25, 0.3) is 0 Å². The normalized spacial score (nSPS) is 21.5. The minimum absolute atomic E-state index is 0.0161. The molecule has 30 heavy (non-hydrogen) atoms. The van der Waals surface area contributed by atoms with Crippen molar-refractivity contribution in [2.24, 2.45) is 11.5 Å². The number of nitrogens with zero attached hydrogens (tertiary/aromatic N) is 3. The molecule has 6 N–H and O–H groups in total. The molecule has 0 bridgehead atoms. The predicted octanol–water partition coefficient (Wildman–Crippen LogP) is 2.74. The highest BCUT2D eigenvalue weighted by atomic mass is 19.1. The Bertz CT molecular complexity index is 916. The summed E-state index contributed by atoms with van der Waals surface area (Å²) in [5.74, 6) is -1.13. The molecular formula is C21H28FN7O. The van der Waals surface area contributed by atoms with Gasteiger partial charge < -0.3 is 27.0 Å². The van der Waals surface area contributed by atoms with E-state index in [2.05, 4.69) is 25.5 Å². The van der Waals surface area contributed by atoms with Crippen LogP contribution in [0.3, 0.4) is 0 Å². The SMILES string of the molecule is NC(=O)c1cc(F)c(NC2CCCCC2N)nc1Nc1cncc(N2CCCC2)c1. The summed E-state index contributed by atoms with van der Waals surface area (Å²) in [6.07, 6.45) is 9.60. The molecule has 0 radical (unpaired) electrons. The zero-order chi connectivity index (χ0) is 21.1. The number of anilines is 4. The fraction of sp³-hybridized carbons (Fsp3) is 0.476. The summed E-state index contributed by atoms with van der Waals surface area (Å²) in [7, 11) is 0. The molecule has 1 aliphatic carbocycles. The van der Waals surface area contributed by atoms with Gasteiger partial charge in [-0.3, -0.25) is 9.78 Å². The maximum absolute atomic E-state index is 14.7. The highest BCUT2D eigenvalue weighted by Gasteiger charge is 2.24. The van der Waals surface area contributed by atoms with Gasteiger partial charge in [-0.05, 0) is 37.8 Å². The minimum atomic E-state index is -0.756. The zero-order valence-electron chi connectivity index (χ0n) is 16.9. The Hall–Kier alpha value is -2.94. The number of halogens is 1. The highest BCUT2D eigenvalue weighted by Crippen LogP contribution is 2.28. The molecule has 0 spiro atoms. The largest absolute Gasteiger partial charge is 0.370 e. The first-order valence-corrected chi connectivity index (χ1v) is 10.5. The first kappa shape index (κ1) is 20.3. The second kappa shape index (κ2) is 8.83. The van der Waals surface area contributed by atoms with E-state index in [9.17, 15) is 9.18 Å². The summed E-state index contributed by atoms with van der Waals surface area (Å²) in [6, 6.07) is 2.94. The van der Waals surface area contributed by atoms with Crippen LogP contribution in [0.1, 0.15) is 48.9 Å². The van der Waals surface area contributed by atoms with Crippen LogP contribution < -0.4 is 27.0 Å². The summed E-state index contributed by atoms with van der Waals surface area (Å²) < 4.78 is 14.7. The summed E-state index contributed by atoms with van der Waals surface area (Å²) in [4.78, 5) is 22.8. The number of pyridine rings is 2.